The van der Waals surface area contributed by atoms with E-state index in [-0.39, 0.29) is 5.41 Å². The maximum Gasteiger partial charge on any atom is 0.155 e. The first-order valence-corrected chi connectivity index (χ1v) is 9.10. The standard InChI is InChI=1S/C21H28N4/c1-5-21(4,13-22)17-10-15(8-14(2)3)9-16(11-17)18-6-7-23-20-19(18)12-24-25-20/h6-7,9-12,14H,5,8,13,22H2,1-4H3,(H,23,24,25). The van der Waals surface area contributed by atoms with Gasteiger partial charge in [0.15, 0.2) is 5.65 Å². The number of aromatic amines is 1. The van der Waals surface area contributed by atoms with E-state index in [1.807, 2.05) is 12.4 Å². The molecule has 4 heteroatoms. The third-order valence-corrected chi connectivity index (χ3v) is 5.23. The second-order valence-electron chi connectivity index (χ2n) is 7.63. The molecular weight excluding hydrogens is 308 g/mol. The third-order valence-electron chi connectivity index (χ3n) is 5.23. The van der Waals surface area contributed by atoms with Crippen molar-refractivity contribution >= 4 is 11.0 Å². The van der Waals surface area contributed by atoms with E-state index in [2.05, 4.69) is 67.1 Å². The van der Waals surface area contributed by atoms with Crippen LogP contribution < -0.4 is 5.73 Å². The number of aromatic nitrogens is 3. The number of H-pyrrole nitrogens is 1. The lowest BCUT2D eigenvalue weighted by Crippen LogP contribution is -2.31. The molecule has 3 rings (SSSR count). The highest BCUT2D eigenvalue weighted by molar-refractivity contribution is 5.92. The molecule has 0 bridgehead atoms. The molecule has 0 saturated heterocycles. The van der Waals surface area contributed by atoms with Crippen molar-refractivity contribution in [1.82, 2.24) is 15.2 Å². The van der Waals surface area contributed by atoms with Gasteiger partial charge >= 0.3 is 0 Å². The Kier molecular flexibility index (Phi) is 4.91. The molecule has 25 heavy (non-hydrogen) atoms. The summed E-state index contributed by atoms with van der Waals surface area (Å²) < 4.78 is 0. The van der Waals surface area contributed by atoms with Gasteiger partial charge in [-0.15, -0.1) is 0 Å². The number of rotatable bonds is 6. The van der Waals surface area contributed by atoms with Crippen LogP contribution in [-0.4, -0.2) is 21.7 Å². The average molecular weight is 336 g/mol. The Balaban J connectivity index is 2.20. The third kappa shape index (κ3) is 3.45. The first-order chi connectivity index (χ1) is 12.0. The number of nitrogens with two attached hydrogens (primary N) is 1. The van der Waals surface area contributed by atoms with E-state index in [1.54, 1.807) is 0 Å². The number of nitrogens with one attached hydrogen (secondary N) is 1. The van der Waals surface area contributed by atoms with Crippen molar-refractivity contribution in [3.8, 4) is 11.1 Å². The van der Waals surface area contributed by atoms with Gasteiger partial charge in [-0.3, -0.25) is 5.10 Å². The van der Waals surface area contributed by atoms with Crippen LogP contribution >= 0.6 is 0 Å². The summed E-state index contributed by atoms with van der Waals surface area (Å²) in [4.78, 5) is 4.36. The molecule has 0 aliphatic heterocycles. The van der Waals surface area contributed by atoms with Crippen molar-refractivity contribution in [3.05, 3.63) is 47.8 Å². The van der Waals surface area contributed by atoms with Crippen molar-refractivity contribution in [1.29, 1.82) is 0 Å². The van der Waals surface area contributed by atoms with Crippen LogP contribution in [-0.2, 0) is 11.8 Å². The molecule has 1 unspecified atom stereocenters. The van der Waals surface area contributed by atoms with Gasteiger partial charge in [-0.1, -0.05) is 45.9 Å². The molecule has 2 aromatic heterocycles. The van der Waals surface area contributed by atoms with Crippen LogP contribution in [0.2, 0.25) is 0 Å². The van der Waals surface area contributed by atoms with Crippen molar-refractivity contribution in [2.24, 2.45) is 11.7 Å². The molecule has 1 aromatic carbocycles. The molecule has 2 heterocycles. The monoisotopic (exact) mass is 336 g/mol. The number of pyridine rings is 1. The summed E-state index contributed by atoms with van der Waals surface area (Å²) in [6, 6.07) is 9.01. The number of benzene rings is 1. The molecular formula is C21H28N4. The van der Waals surface area contributed by atoms with Gasteiger partial charge in [0.25, 0.3) is 0 Å². The highest BCUT2D eigenvalue weighted by Gasteiger charge is 2.24. The number of hydrogen-bond acceptors (Lipinski definition) is 3. The fourth-order valence-corrected chi connectivity index (χ4v) is 3.35. The lowest BCUT2D eigenvalue weighted by Gasteiger charge is -2.28. The largest absolute Gasteiger partial charge is 0.330 e. The highest BCUT2D eigenvalue weighted by atomic mass is 15.1. The van der Waals surface area contributed by atoms with Crippen LogP contribution in [0.4, 0.5) is 0 Å². The maximum atomic E-state index is 6.14. The van der Waals surface area contributed by atoms with Gasteiger partial charge in [-0.2, -0.15) is 5.10 Å². The van der Waals surface area contributed by atoms with E-state index < -0.39 is 0 Å². The number of fused-ring (bicyclic) bond motifs is 1. The molecule has 132 valence electrons. The Morgan fingerprint density at radius 3 is 2.72 bits per heavy atom. The summed E-state index contributed by atoms with van der Waals surface area (Å²) in [7, 11) is 0. The minimum atomic E-state index is -0.00964. The van der Waals surface area contributed by atoms with Crippen molar-refractivity contribution < 1.29 is 0 Å². The number of hydrogen-bond donors (Lipinski definition) is 2. The van der Waals surface area contributed by atoms with E-state index in [4.69, 9.17) is 5.73 Å². The fraction of sp³-hybridized carbons (Fsp3) is 0.429. The summed E-state index contributed by atoms with van der Waals surface area (Å²) in [5.41, 5.74) is 12.0. The Labute approximate surface area is 149 Å². The average Bonchev–Trinajstić information content (AvgIpc) is 3.08. The molecule has 3 N–H and O–H groups in total. The highest BCUT2D eigenvalue weighted by Crippen LogP contribution is 2.34. The summed E-state index contributed by atoms with van der Waals surface area (Å²) in [5.74, 6) is 0.611. The van der Waals surface area contributed by atoms with Crippen molar-refractivity contribution in [2.75, 3.05) is 6.54 Å². The van der Waals surface area contributed by atoms with Gasteiger partial charge in [0.1, 0.15) is 0 Å². The maximum absolute atomic E-state index is 6.14. The Morgan fingerprint density at radius 2 is 2.04 bits per heavy atom. The molecule has 4 nitrogen and oxygen atoms in total. The van der Waals surface area contributed by atoms with Gasteiger partial charge in [-0.25, -0.2) is 4.98 Å². The van der Waals surface area contributed by atoms with E-state index in [1.165, 1.54) is 22.3 Å². The molecule has 0 radical (unpaired) electrons. The molecule has 0 aliphatic carbocycles. The van der Waals surface area contributed by atoms with Crippen LogP contribution in [0.1, 0.15) is 45.2 Å². The van der Waals surface area contributed by atoms with Gasteiger partial charge < -0.3 is 5.73 Å². The smallest absolute Gasteiger partial charge is 0.155 e. The topological polar surface area (TPSA) is 67.6 Å². The molecule has 3 aromatic rings. The van der Waals surface area contributed by atoms with Crippen LogP contribution in [0.3, 0.4) is 0 Å². The summed E-state index contributed by atoms with van der Waals surface area (Å²) >= 11 is 0. The predicted molar refractivity (Wildman–Crippen MR) is 105 cm³/mol. The summed E-state index contributed by atoms with van der Waals surface area (Å²) in [6.07, 6.45) is 5.78. The second kappa shape index (κ2) is 6.96. The zero-order valence-electron chi connectivity index (χ0n) is 15.6. The van der Waals surface area contributed by atoms with Crippen LogP contribution in [0.5, 0.6) is 0 Å². The first-order valence-electron chi connectivity index (χ1n) is 9.10. The molecule has 0 saturated carbocycles. The van der Waals surface area contributed by atoms with Crippen LogP contribution in [0.25, 0.3) is 22.2 Å². The van der Waals surface area contributed by atoms with Crippen molar-refractivity contribution in [2.45, 2.75) is 46.0 Å². The molecule has 0 aliphatic rings. The minimum Gasteiger partial charge on any atom is -0.330 e. The quantitative estimate of drug-likeness (QED) is 0.699. The van der Waals surface area contributed by atoms with Gasteiger partial charge in [-0.05, 0) is 47.1 Å². The normalized spacial score (nSPS) is 14.2. The molecule has 0 spiro atoms. The van der Waals surface area contributed by atoms with Gasteiger partial charge in [0.05, 0.1) is 6.20 Å². The molecule has 0 amide bonds. The zero-order valence-corrected chi connectivity index (χ0v) is 15.6. The molecule has 1 atom stereocenters. The van der Waals surface area contributed by atoms with E-state index in [0.29, 0.717) is 12.5 Å². The van der Waals surface area contributed by atoms with Gasteiger partial charge in [0.2, 0.25) is 0 Å². The first kappa shape index (κ1) is 17.6. The van der Waals surface area contributed by atoms with Crippen LogP contribution in [0, 0.1) is 5.92 Å². The van der Waals surface area contributed by atoms with E-state index >= 15 is 0 Å². The number of nitrogens with zero attached hydrogens (tertiary/aromatic N) is 2. The Morgan fingerprint density at radius 1 is 1.24 bits per heavy atom. The Bertz CT molecular complexity index is 859. The van der Waals surface area contributed by atoms with Gasteiger partial charge in [0, 0.05) is 23.5 Å². The molecule has 0 fully saturated rings. The lowest BCUT2D eigenvalue weighted by molar-refractivity contribution is 0.466. The predicted octanol–water partition coefficient (Wildman–Crippen LogP) is 4.45. The SMILES string of the molecule is CCC(C)(CN)c1cc(CC(C)C)cc(-c2ccnc3[nH]ncc23)c1. The fourth-order valence-electron chi connectivity index (χ4n) is 3.35. The Hall–Kier alpha value is -2.20. The van der Waals surface area contributed by atoms with Crippen molar-refractivity contribution in [3.63, 3.8) is 0 Å². The second-order valence-corrected chi connectivity index (χ2v) is 7.63. The minimum absolute atomic E-state index is 0.00964. The lowest BCUT2D eigenvalue weighted by atomic mass is 9.78. The zero-order chi connectivity index (χ0) is 18.0. The summed E-state index contributed by atoms with van der Waals surface area (Å²) in [6.45, 7) is 9.63. The van der Waals surface area contributed by atoms with Crippen LogP contribution in [0.15, 0.2) is 36.7 Å². The summed E-state index contributed by atoms with van der Waals surface area (Å²) in [5, 5.41) is 8.17. The van der Waals surface area contributed by atoms with E-state index in [0.717, 1.165) is 23.9 Å². The van der Waals surface area contributed by atoms with E-state index in [9.17, 15) is 0 Å².